The third kappa shape index (κ3) is 7.67. The number of aromatic amines is 1. The minimum atomic E-state index is -1.06. The molecule has 1 aromatic carbocycles. The number of benzene rings is 1. The van der Waals surface area contributed by atoms with Crippen LogP contribution in [0.1, 0.15) is 50.0 Å². The number of carbonyl (C=O) groups excluding carboxylic acids is 5. The number of ether oxygens (including phenoxy) is 2. The number of hydrogen-bond acceptors (Lipinski definition) is 8. The first kappa shape index (κ1) is 31.0. The fourth-order valence-electron chi connectivity index (χ4n) is 5.55. The van der Waals surface area contributed by atoms with Crippen molar-refractivity contribution in [1.82, 2.24) is 25.8 Å². The predicted molar refractivity (Wildman–Crippen MR) is 155 cm³/mol. The van der Waals surface area contributed by atoms with E-state index in [-0.39, 0.29) is 29.9 Å². The number of ketones is 1. The Morgan fingerprint density at radius 3 is 2.55 bits per heavy atom. The maximum Gasteiger partial charge on any atom is 0.310 e. The van der Waals surface area contributed by atoms with Gasteiger partial charge < -0.3 is 35.3 Å². The lowest BCUT2D eigenvalue weighted by Gasteiger charge is -2.25. The van der Waals surface area contributed by atoms with Crippen LogP contribution in [-0.2, 0) is 23.9 Å². The van der Waals surface area contributed by atoms with Gasteiger partial charge in [0.1, 0.15) is 17.5 Å². The third-order valence-electron chi connectivity index (χ3n) is 7.89. The molecule has 2 aromatic rings. The van der Waals surface area contributed by atoms with Gasteiger partial charge >= 0.3 is 5.97 Å². The smallest absolute Gasteiger partial charge is 0.310 e. The normalized spacial score (nSPS) is 20.3. The van der Waals surface area contributed by atoms with Crippen molar-refractivity contribution in [1.29, 1.82) is 0 Å². The SMILES string of the molecule is COc1cccc2[nH]c(C(=O)N[C@@H](CC(C)C)C(=O)N[C@@H](C[C@@H]3CCNC3=O)C(=O)COC(=O)[C@H]3CCN(C)C3)cc12. The van der Waals surface area contributed by atoms with E-state index in [1.165, 1.54) is 0 Å². The molecule has 2 aliphatic rings. The van der Waals surface area contributed by atoms with E-state index in [4.69, 9.17) is 9.47 Å². The van der Waals surface area contributed by atoms with E-state index in [1.54, 1.807) is 25.3 Å². The second kappa shape index (κ2) is 13.8. The predicted octanol–water partition coefficient (Wildman–Crippen LogP) is 1.40. The third-order valence-corrected chi connectivity index (χ3v) is 7.89. The highest BCUT2D eigenvalue weighted by Gasteiger charge is 2.35. The fourth-order valence-corrected chi connectivity index (χ4v) is 5.55. The molecule has 0 spiro atoms. The number of amides is 3. The highest BCUT2D eigenvalue weighted by atomic mass is 16.5. The lowest BCUT2D eigenvalue weighted by Crippen LogP contribution is -2.53. The number of esters is 1. The number of nitrogens with one attached hydrogen (secondary N) is 4. The molecule has 3 heterocycles. The second-order valence-electron chi connectivity index (χ2n) is 11.7. The number of rotatable bonds is 13. The molecule has 228 valence electrons. The molecule has 0 unspecified atom stereocenters. The van der Waals surface area contributed by atoms with E-state index in [1.807, 2.05) is 31.9 Å². The number of nitrogens with zero attached hydrogens (tertiary/aromatic N) is 1. The highest BCUT2D eigenvalue weighted by molar-refractivity contribution is 6.02. The lowest BCUT2D eigenvalue weighted by atomic mass is 9.95. The summed E-state index contributed by atoms with van der Waals surface area (Å²) in [4.78, 5) is 69.9. The van der Waals surface area contributed by atoms with Gasteiger partial charge in [0.25, 0.3) is 5.91 Å². The molecule has 0 bridgehead atoms. The van der Waals surface area contributed by atoms with Gasteiger partial charge in [-0.15, -0.1) is 0 Å². The Kier molecular flexibility index (Phi) is 10.2. The Labute approximate surface area is 245 Å². The van der Waals surface area contributed by atoms with Crippen LogP contribution in [0, 0.1) is 17.8 Å². The molecule has 4 rings (SSSR count). The topological polar surface area (TPSA) is 159 Å². The lowest BCUT2D eigenvalue weighted by molar-refractivity contribution is -0.152. The number of likely N-dealkylation sites (tertiary alicyclic amines) is 1. The van der Waals surface area contributed by atoms with E-state index >= 15 is 0 Å². The monoisotopic (exact) mass is 583 g/mol. The minimum Gasteiger partial charge on any atom is -0.496 e. The Morgan fingerprint density at radius 1 is 1.12 bits per heavy atom. The van der Waals surface area contributed by atoms with Crippen LogP contribution in [0.3, 0.4) is 0 Å². The van der Waals surface area contributed by atoms with Crippen LogP contribution in [0.5, 0.6) is 5.75 Å². The van der Waals surface area contributed by atoms with Gasteiger partial charge in [-0.3, -0.25) is 24.0 Å². The largest absolute Gasteiger partial charge is 0.496 e. The van der Waals surface area contributed by atoms with Gasteiger partial charge in [-0.05, 0) is 63.4 Å². The summed E-state index contributed by atoms with van der Waals surface area (Å²) in [6, 6.07) is 5.07. The van der Waals surface area contributed by atoms with Crippen molar-refractivity contribution in [3.05, 3.63) is 30.0 Å². The molecule has 0 aliphatic carbocycles. The van der Waals surface area contributed by atoms with Gasteiger partial charge in [0.15, 0.2) is 12.4 Å². The number of hydrogen-bond donors (Lipinski definition) is 4. The summed E-state index contributed by atoms with van der Waals surface area (Å²) in [5.41, 5.74) is 0.972. The van der Waals surface area contributed by atoms with Gasteiger partial charge in [-0.2, -0.15) is 0 Å². The Bertz CT molecular complexity index is 1320. The Hall–Kier alpha value is -3.93. The first-order chi connectivity index (χ1) is 20.0. The summed E-state index contributed by atoms with van der Waals surface area (Å²) in [6.45, 7) is 5.17. The van der Waals surface area contributed by atoms with Gasteiger partial charge in [0.05, 0.1) is 19.1 Å². The van der Waals surface area contributed by atoms with Gasteiger partial charge in [-0.25, -0.2) is 0 Å². The van der Waals surface area contributed by atoms with Crippen LogP contribution in [-0.4, -0.2) is 91.8 Å². The summed E-state index contributed by atoms with van der Waals surface area (Å²) in [6.07, 6.45) is 1.58. The molecular weight excluding hydrogens is 542 g/mol. The van der Waals surface area contributed by atoms with Crippen LogP contribution in [0.4, 0.5) is 0 Å². The average molecular weight is 584 g/mol. The number of H-pyrrole nitrogens is 1. The Morgan fingerprint density at radius 2 is 1.90 bits per heavy atom. The van der Waals surface area contributed by atoms with E-state index in [0.29, 0.717) is 43.6 Å². The van der Waals surface area contributed by atoms with Crippen molar-refractivity contribution in [2.45, 2.75) is 51.6 Å². The molecule has 2 saturated heterocycles. The zero-order chi connectivity index (χ0) is 30.4. The molecule has 0 saturated carbocycles. The maximum atomic E-state index is 13.5. The number of methoxy groups -OCH3 is 1. The molecule has 12 nitrogen and oxygen atoms in total. The molecule has 12 heteroatoms. The summed E-state index contributed by atoms with van der Waals surface area (Å²) < 4.78 is 10.7. The first-order valence-corrected chi connectivity index (χ1v) is 14.5. The van der Waals surface area contributed by atoms with E-state index in [0.717, 1.165) is 11.9 Å². The van der Waals surface area contributed by atoms with Crippen molar-refractivity contribution < 1.29 is 33.4 Å². The van der Waals surface area contributed by atoms with Crippen molar-refractivity contribution in [2.24, 2.45) is 17.8 Å². The van der Waals surface area contributed by atoms with E-state index in [9.17, 15) is 24.0 Å². The molecule has 2 fully saturated rings. The maximum absolute atomic E-state index is 13.5. The highest BCUT2D eigenvalue weighted by Crippen LogP contribution is 2.26. The van der Waals surface area contributed by atoms with E-state index in [2.05, 4.69) is 20.9 Å². The molecule has 2 aliphatic heterocycles. The first-order valence-electron chi connectivity index (χ1n) is 14.5. The molecule has 0 radical (unpaired) electrons. The molecule has 3 amide bonds. The zero-order valence-electron chi connectivity index (χ0n) is 24.7. The summed E-state index contributed by atoms with van der Waals surface area (Å²) >= 11 is 0. The van der Waals surface area contributed by atoms with Crippen molar-refractivity contribution in [3.8, 4) is 5.75 Å². The quantitative estimate of drug-likeness (QED) is 0.258. The van der Waals surface area contributed by atoms with E-state index < -0.39 is 48.2 Å². The van der Waals surface area contributed by atoms with Crippen LogP contribution in [0.25, 0.3) is 10.9 Å². The van der Waals surface area contributed by atoms with Crippen LogP contribution in [0.15, 0.2) is 24.3 Å². The van der Waals surface area contributed by atoms with Crippen LogP contribution < -0.4 is 20.7 Å². The second-order valence-corrected chi connectivity index (χ2v) is 11.7. The van der Waals surface area contributed by atoms with Crippen molar-refractivity contribution in [3.63, 3.8) is 0 Å². The molecular formula is C30H41N5O7. The van der Waals surface area contributed by atoms with Gasteiger partial charge in [0.2, 0.25) is 11.8 Å². The standard InChI is InChI=1S/C30H41N5O7/c1-17(2)12-23(34-29(39)24-14-20-21(32-24)6-5-7-26(20)41-4)28(38)33-22(13-18-8-10-31-27(18)37)25(36)16-42-30(40)19-9-11-35(3)15-19/h5-7,14,17-19,22-23,32H,8-13,15-16H2,1-4H3,(H,31,37)(H,33,38)(H,34,39)/t18-,19-,22-,23-/m0/s1. The van der Waals surface area contributed by atoms with Gasteiger partial charge in [0, 0.05) is 29.9 Å². The van der Waals surface area contributed by atoms with Crippen molar-refractivity contribution >= 4 is 40.4 Å². The minimum absolute atomic E-state index is 0.0455. The Balaban J connectivity index is 1.46. The zero-order valence-corrected chi connectivity index (χ0v) is 24.7. The number of fused-ring (bicyclic) bond motifs is 1. The molecule has 1 aromatic heterocycles. The molecule has 42 heavy (non-hydrogen) atoms. The summed E-state index contributed by atoms with van der Waals surface area (Å²) in [5.74, 6) is -2.27. The molecule has 4 N–H and O–H groups in total. The average Bonchev–Trinajstić information content (AvgIpc) is 3.70. The number of Topliss-reactive ketones (excluding diaryl/α,β-unsaturated/α-hetero) is 1. The van der Waals surface area contributed by atoms with Crippen LogP contribution >= 0.6 is 0 Å². The summed E-state index contributed by atoms with van der Waals surface area (Å²) in [7, 11) is 3.46. The van der Waals surface area contributed by atoms with Crippen LogP contribution in [0.2, 0.25) is 0 Å². The fraction of sp³-hybridized carbons (Fsp3) is 0.567. The van der Waals surface area contributed by atoms with Gasteiger partial charge in [-0.1, -0.05) is 19.9 Å². The summed E-state index contributed by atoms with van der Waals surface area (Å²) in [5, 5.41) is 9.04. The number of aromatic nitrogens is 1. The number of carbonyl (C=O) groups is 5. The van der Waals surface area contributed by atoms with Crippen molar-refractivity contribution in [2.75, 3.05) is 40.4 Å². The molecule has 4 atom stereocenters.